The second kappa shape index (κ2) is 6.10. The van der Waals surface area contributed by atoms with Gasteiger partial charge in [0.2, 0.25) is 0 Å². The molecule has 1 aromatic heterocycles. The average Bonchev–Trinajstić information content (AvgIpc) is 2.45. The number of nitrogens with one attached hydrogen (secondary N) is 1. The monoisotopic (exact) mass is 273 g/mol. The molecule has 1 heterocycles. The minimum atomic E-state index is -0.943. The van der Waals surface area contributed by atoms with Gasteiger partial charge >= 0.3 is 5.97 Å². The summed E-state index contributed by atoms with van der Waals surface area (Å²) in [5.41, 5.74) is 1.53. The molecule has 1 unspecified atom stereocenters. The summed E-state index contributed by atoms with van der Waals surface area (Å²) in [4.78, 5) is 31.1. The molecule has 104 valence electrons. The second-order valence-electron chi connectivity index (χ2n) is 4.42. The van der Waals surface area contributed by atoms with E-state index in [0.29, 0.717) is 17.5 Å². The summed E-state index contributed by atoms with van der Waals surface area (Å²) in [5, 5.41) is 11.4. The highest BCUT2D eigenvalue weighted by atomic mass is 16.4. The number of carbonyl (C=O) groups is 2. The standard InChI is InChI=1S/C14H15N3O3/c1-2-9(7-13(18)19)16-14(20)12-8-15-10-5-3-4-6-11(10)17-12/h3-6,8-9H,2,7H2,1H3,(H,16,20)(H,18,19). The highest BCUT2D eigenvalue weighted by Crippen LogP contribution is 2.09. The van der Waals surface area contributed by atoms with Crippen molar-refractivity contribution in [3.63, 3.8) is 0 Å². The summed E-state index contributed by atoms with van der Waals surface area (Å²) < 4.78 is 0. The molecule has 0 bridgehead atoms. The van der Waals surface area contributed by atoms with Crippen molar-refractivity contribution in [1.29, 1.82) is 0 Å². The molecule has 0 spiro atoms. The highest BCUT2D eigenvalue weighted by Gasteiger charge is 2.16. The van der Waals surface area contributed by atoms with Crippen LogP contribution in [0.2, 0.25) is 0 Å². The molecule has 0 radical (unpaired) electrons. The van der Waals surface area contributed by atoms with Gasteiger partial charge in [-0.3, -0.25) is 14.6 Å². The first-order valence-electron chi connectivity index (χ1n) is 6.34. The summed E-state index contributed by atoms with van der Waals surface area (Å²) in [6, 6.07) is 6.83. The number of nitrogens with zero attached hydrogens (tertiary/aromatic N) is 2. The van der Waals surface area contributed by atoms with Crippen LogP contribution in [0, 0.1) is 0 Å². The van der Waals surface area contributed by atoms with Crippen molar-refractivity contribution in [2.75, 3.05) is 0 Å². The number of aromatic nitrogens is 2. The van der Waals surface area contributed by atoms with Crippen LogP contribution in [0.3, 0.4) is 0 Å². The number of fused-ring (bicyclic) bond motifs is 1. The van der Waals surface area contributed by atoms with E-state index in [1.54, 1.807) is 6.07 Å². The summed E-state index contributed by atoms with van der Waals surface area (Å²) >= 11 is 0. The van der Waals surface area contributed by atoms with Crippen molar-refractivity contribution in [3.8, 4) is 0 Å². The minimum absolute atomic E-state index is 0.108. The molecule has 1 amide bonds. The summed E-state index contributed by atoms with van der Waals surface area (Å²) in [5.74, 6) is -1.35. The second-order valence-corrected chi connectivity index (χ2v) is 4.42. The van der Waals surface area contributed by atoms with Crippen LogP contribution in [0.5, 0.6) is 0 Å². The third-order valence-electron chi connectivity index (χ3n) is 2.93. The summed E-state index contributed by atoms with van der Waals surface area (Å²) in [6.07, 6.45) is 1.83. The van der Waals surface area contributed by atoms with E-state index in [1.807, 2.05) is 25.1 Å². The molecule has 0 aliphatic heterocycles. The average molecular weight is 273 g/mol. The third kappa shape index (κ3) is 3.28. The number of carboxylic acids is 1. The van der Waals surface area contributed by atoms with Gasteiger partial charge in [0.1, 0.15) is 5.69 Å². The van der Waals surface area contributed by atoms with Gasteiger partial charge < -0.3 is 10.4 Å². The maximum atomic E-state index is 12.0. The molecule has 0 aliphatic rings. The Balaban J connectivity index is 2.16. The van der Waals surface area contributed by atoms with Crippen molar-refractivity contribution < 1.29 is 14.7 Å². The van der Waals surface area contributed by atoms with E-state index in [2.05, 4.69) is 15.3 Å². The lowest BCUT2D eigenvalue weighted by atomic mass is 10.1. The SMILES string of the molecule is CCC(CC(=O)O)NC(=O)c1cnc2ccccc2n1. The summed E-state index contributed by atoms with van der Waals surface area (Å²) in [6.45, 7) is 1.82. The Morgan fingerprint density at radius 1 is 1.30 bits per heavy atom. The van der Waals surface area contributed by atoms with Crippen molar-refractivity contribution in [1.82, 2.24) is 15.3 Å². The van der Waals surface area contributed by atoms with E-state index in [-0.39, 0.29) is 12.1 Å². The molecule has 2 rings (SSSR count). The fraction of sp³-hybridized carbons (Fsp3) is 0.286. The van der Waals surface area contributed by atoms with Crippen molar-refractivity contribution in [2.45, 2.75) is 25.8 Å². The van der Waals surface area contributed by atoms with Crippen LogP contribution < -0.4 is 5.32 Å². The van der Waals surface area contributed by atoms with Gasteiger partial charge in [-0.25, -0.2) is 4.98 Å². The van der Waals surface area contributed by atoms with E-state index >= 15 is 0 Å². The van der Waals surface area contributed by atoms with E-state index in [1.165, 1.54) is 6.20 Å². The molecule has 0 aliphatic carbocycles. The molecule has 1 atom stereocenters. The number of hydrogen-bond acceptors (Lipinski definition) is 4. The first-order chi connectivity index (χ1) is 9.60. The summed E-state index contributed by atoms with van der Waals surface area (Å²) in [7, 11) is 0. The lowest BCUT2D eigenvalue weighted by Crippen LogP contribution is -2.36. The lowest BCUT2D eigenvalue weighted by Gasteiger charge is -2.14. The van der Waals surface area contributed by atoms with Crippen LogP contribution in [-0.4, -0.2) is 33.0 Å². The first kappa shape index (κ1) is 13.9. The van der Waals surface area contributed by atoms with E-state index in [0.717, 1.165) is 0 Å². The third-order valence-corrected chi connectivity index (χ3v) is 2.93. The Kier molecular flexibility index (Phi) is 4.24. The van der Waals surface area contributed by atoms with Gasteiger partial charge in [-0.2, -0.15) is 0 Å². The van der Waals surface area contributed by atoms with Gasteiger partial charge in [-0.15, -0.1) is 0 Å². The number of amides is 1. The van der Waals surface area contributed by atoms with E-state index < -0.39 is 17.9 Å². The van der Waals surface area contributed by atoms with Crippen molar-refractivity contribution in [2.24, 2.45) is 0 Å². The molecule has 2 N–H and O–H groups in total. The molecule has 2 aromatic rings. The molecule has 1 aromatic carbocycles. The quantitative estimate of drug-likeness (QED) is 0.863. The molecule has 0 fully saturated rings. The number of carboxylic acid groups (broad SMARTS) is 1. The number of aliphatic carboxylic acids is 1. The maximum absolute atomic E-state index is 12.0. The number of hydrogen-bond donors (Lipinski definition) is 2. The van der Waals surface area contributed by atoms with E-state index in [9.17, 15) is 9.59 Å². The Morgan fingerprint density at radius 3 is 2.65 bits per heavy atom. The molecule has 20 heavy (non-hydrogen) atoms. The molecule has 6 heteroatoms. The van der Waals surface area contributed by atoms with Crippen molar-refractivity contribution >= 4 is 22.9 Å². The molecular formula is C14H15N3O3. The van der Waals surface area contributed by atoms with Crippen LogP contribution in [0.1, 0.15) is 30.3 Å². The fourth-order valence-corrected chi connectivity index (χ4v) is 1.83. The number of rotatable bonds is 5. The molecular weight excluding hydrogens is 258 g/mol. The Morgan fingerprint density at radius 2 is 2.00 bits per heavy atom. The number of para-hydroxylation sites is 2. The van der Waals surface area contributed by atoms with Crippen LogP contribution >= 0.6 is 0 Å². The zero-order chi connectivity index (χ0) is 14.5. The Labute approximate surface area is 115 Å². The van der Waals surface area contributed by atoms with Crippen LogP contribution in [0.4, 0.5) is 0 Å². The predicted octanol–water partition coefficient (Wildman–Crippen LogP) is 1.61. The zero-order valence-electron chi connectivity index (χ0n) is 11.0. The Bertz CT molecular complexity index is 642. The number of carbonyl (C=O) groups excluding carboxylic acids is 1. The largest absolute Gasteiger partial charge is 0.481 e. The topological polar surface area (TPSA) is 92.2 Å². The smallest absolute Gasteiger partial charge is 0.305 e. The minimum Gasteiger partial charge on any atom is -0.481 e. The zero-order valence-corrected chi connectivity index (χ0v) is 11.0. The van der Waals surface area contributed by atoms with Gasteiger partial charge in [0, 0.05) is 6.04 Å². The van der Waals surface area contributed by atoms with Crippen LogP contribution in [-0.2, 0) is 4.79 Å². The molecule has 0 saturated carbocycles. The van der Waals surface area contributed by atoms with Crippen LogP contribution in [0.25, 0.3) is 11.0 Å². The van der Waals surface area contributed by atoms with Gasteiger partial charge in [-0.1, -0.05) is 19.1 Å². The van der Waals surface area contributed by atoms with Gasteiger partial charge in [-0.05, 0) is 18.6 Å². The first-order valence-corrected chi connectivity index (χ1v) is 6.34. The van der Waals surface area contributed by atoms with Gasteiger partial charge in [0.25, 0.3) is 5.91 Å². The lowest BCUT2D eigenvalue weighted by molar-refractivity contribution is -0.137. The Hall–Kier alpha value is -2.50. The maximum Gasteiger partial charge on any atom is 0.305 e. The highest BCUT2D eigenvalue weighted by molar-refractivity contribution is 5.94. The number of benzene rings is 1. The molecule has 0 saturated heterocycles. The van der Waals surface area contributed by atoms with Crippen molar-refractivity contribution in [3.05, 3.63) is 36.2 Å². The molecule has 6 nitrogen and oxygen atoms in total. The van der Waals surface area contributed by atoms with Gasteiger partial charge in [0.15, 0.2) is 0 Å². The fourth-order valence-electron chi connectivity index (χ4n) is 1.83. The van der Waals surface area contributed by atoms with E-state index in [4.69, 9.17) is 5.11 Å². The predicted molar refractivity (Wildman–Crippen MR) is 73.3 cm³/mol. The normalized spacial score (nSPS) is 12.1. The van der Waals surface area contributed by atoms with Crippen LogP contribution in [0.15, 0.2) is 30.5 Å². The van der Waals surface area contributed by atoms with Gasteiger partial charge in [0.05, 0.1) is 23.7 Å².